The van der Waals surface area contributed by atoms with Crippen molar-refractivity contribution in [3.8, 4) is 0 Å². The van der Waals surface area contributed by atoms with E-state index in [0.717, 1.165) is 13.0 Å². The summed E-state index contributed by atoms with van der Waals surface area (Å²) in [6.45, 7) is 5.36. The van der Waals surface area contributed by atoms with Gasteiger partial charge in [-0.05, 0) is 43.4 Å². The topological polar surface area (TPSA) is 12.5 Å². The van der Waals surface area contributed by atoms with Crippen molar-refractivity contribution >= 4 is 0 Å². The standard InChI is InChI=1S/C12H16O/c1-9-4-3-5-11(10(9)2)6-7-12-8-13-12/h3-5,12H,6-8H2,1-2H3. The highest BCUT2D eigenvalue weighted by Gasteiger charge is 2.21. The third kappa shape index (κ3) is 2.10. The zero-order chi connectivity index (χ0) is 9.26. The van der Waals surface area contributed by atoms with Crippen molar-refractivity contribution in [3.63, 3.8) is 0 Å². The first kappa shape index (κ1) is 8.76. The molecular weight excluding hydrogens is 160 g/mol. The minimum absolute atomic E-state index is 0.555. The van der Waals surface area contributed by atoms with Crippen LogP contribution in [0.3, 0.4) is 0 Å². The summed E-state index contributed by atoms with van der Waals surface area (Å²) < 4.78 is 5.20. The number of rotatable bonds is 3. The zero-order valence-electron chi connectivity index (χ0n) is 8.34. The number of hydrogen-bond acceptors (Lipinski definition) is 1. The monoisotopic (exact) mass is 176 g/mol. The summed E-state index contributed by atoms with van der Waals surface area (Å²) >= 11 is 0. The van der Waals surface area contributed by atoms with Gasteiger partial charge in [-0.25, -0.2) is 0 Å². The number of benzene rings is 1. The summed E-state index contributed by atoms with van der Waals surface area (Å²) in [4.78, 5) is 0. The van der Waals surface area contributed by atoms with Crippen LogP contribution in [0.4, 0.5) is 0 Å². The lowest BCUT2D eigenvalue weighted by molar-refractivity contribution is 0.396. The first-order valence-corrected chi connectivity index (χ1v) is 4.94. The molecule has 1 aromatic rings. The van der Waals surface area contributed by atoms with Crippen LogP contribution in [0, 0.1) is 13.8 Å². The second kappa shape index (κ2) is 3.51. The number of aryl methyl sites for hydroxylation is 2. The van der Waals surface area contributed by atoms with Gasteiger partial charge >= 0.3 is 0 Å². The van der Waals surface area contributed by atoms with Gasteiger partial charge in [-0.2, -0.15) is 0 Å². The molecule has 1 unspecified atom stereocenters. The van der Waals surface area contributed by atoms with Gasteiger partial charge in [0.1, 0.15) is 0 Å². The van der Waals surface area contributed by atoms with Crippen molar-refractivity contribution in [3.05, 3.63) is 34.9 Å². The molecule has 1 atom stereocenters. The Balaban J connectivity index is 2.05. The quantitative estimate of drug-likeness (QED) is 0.645. The van der Waals surface area contributed by atoms with E-state index in [1.807, 2.05) is 0 Å². The zero-order valence-corrected chi connectivity index (χ0v) is 8.34. The van der Waals surface area contributed by atoms with Gasteiger partial charge in [0, 0.05) is 0 Å². The minimum atomic E-state index is 0.555. The molecule has 1 nitrogen and oxygen atoms in total. The lowest BCUT2D eigenvalue weighted by Crippen LogP contribution is -1.95. The maximum Gasteiger partial charge on any atom is 0.0813 e. The molecule has 0 N–H and O–H groups in total. The van der Waals surface area contributed by atoms with Crippen molar-refractivity contribution in [1.82, 2.24) is 0 Å². The van der Waals surface area contributed by atoms with E-state index < -0.39 is 0 Å². The third-order valence-corrected chi connectivity index (χ3v) is 2.85. The van der Waals surface area contributed by atoms with Crippen LogP contribution in [0.25, 0.3) is 0 Å². The summed E-state index contributed by atoms with van der Waals surface area (Å²) in [6.07, 6.45) is 2.91. The molecular formula is C12H16O. The predicted octanol–water partition coefficient (Wildman–Crippen LogP) is 2.63. The van der Waals surface area contributed by atoms with Crippen molar-refractivity contribution in [2.45, 2.75) is 32.8 Å². The van der Waals surface area contributed by atoms with Crippen LogP contribution in [0.5, 0.6) is 0 Å². The van der Waals surface area contributed by atoms with E-state index in [4.69, 9.17) is 4.74 Å². The Kier molecular flexibility index (Phi) is 2.36. The first-order chi connectivity index (χ1) is 6.27. The Hall–Kier alpha value is -0.820. The predicted molar refractivity (Wildman–Crippen MR) is 54.0 cm³/mol. The number of ether oxygens (including phenoxy) is 1. The maximum absolute atomic E-state index is 5.20. The Morgan fingerprint density at radius 2 is 2.15 bits per heavy atom. The van der Waals surface area contributed by atoms with Gasteiger partial charge in [-0.3, -0.25) is 0 Å². The highest BCUT2D eigenvalue weighted by molar-refractivity contribution is 5.33. The van der Waals surface area contributed by atoms with E-state index >= 15 is 0 Å². The molecule has 1 fully saturated rings. The van der Waals surface area contributed by atoms with Crippen molar-refractivity contribution in [1.29, 1.82) is 0 Å². The van der Waals surface area contributed by atoms with Crippen molar-refractivity contribution in [2.75, 3.05) is 6.61 Å². The van der Waals surface area contributed by atoms with Crippen LogP contribution in [0.15, 0.2) is 18.2 Å². The molecule has 1 heterocycles. The van der Waals surface area contributed by atoms with E-state index in [0.29, 0.717) is 6.10 Å². The summed E-state index contributed by atoms with van der Waals surface area (Å²) in [6, 6.07) is 6.54. The first-order valence-electron chi connectivity index (χ1n) is 4.94. The normalized spacial score (nSPS) is 20.3. The molecule has 1 aromatic carbocycles. The molecule has 1 saturated heterocycles. The summed E-state index contributed by atoms with van der Waals surface area (Å²) in [5.74, 6) is 0. The van der Waals surface area contributed by atoms with Crippen molar-refractivity contribution < 1.29 is 4.74 Å². The lowest BCUT2D eigenvalue weighted by Gasteiger charge is -2.06. The average Bonchev–Trinajstić information content (AvgIpc) is 2.91. The van der Waals surface area contributed by atoms with Gasteiger partial charge in [0.15, 0.2) is 0 Å². The molecule has 0 radical (unpaired) electrons. The maximum atomic E-state index is 5.20. The third-order valence-electron chi connectivity index (χ3n) is 2.85. The molecule has 1 aliphatic rings. The van der Waals surface area contributed by atoms with Crippen LogP contribution in [-0.4, -0.2) is 12.7 Å². The SMILES string of the molecule is Cc1cccc(CCC2CO2)c1C. The molecule has 0 bridgehead atoms. The molecule has 0 amide bonds. The summed E-state index contributed by atoms with van der Waals surface area (Å²) in [5, 5.41) is 0. The van der Waals surface area contributed by atoms with Crippen LogP contribution in [-0.2, 0) is 11.2 Å². The Labute approximate surface area is 79.7 Å². The highest BCUT2D eigenvalue weighted by atomic mass is 16.6. The lowest BCUT2D eigenvalue weighted by atomic mass is 9.99. The Morgan fingerprint density at radius 3 is 2.85 bits per heavy atom. The van der Waals surface area contributed by atoms with Gasteiger partial charge in [0.2, 0.25) is 0 Å². The molecule has 70 valence electrons. The number of hydrogen-bond donors (Lipinski definition) is 0. The molecule has 0 aromatic heterocycles. The van der Waals surface area contributed by atoms with Crippen LogP contribution >= 0.6 is 0 Å². The molecule has 0 spiro atoms. The van der Waals surface area contributed by atoms with E-state index in [1.54, 1.807) is 0 Å². The fraction of sp³-hybridized carbons (Fsp3) is 0.500. The fourth-order valence-corrected chi connectivity index (χ4v) is 1.63. The van der Waals surface area contributed by atoms with Gasteiger partial charge < -0.3 is 4.74 Å². The highest BCUT2D eigenvalue weighted by Crippen LogP contribution is 2.20. The van der Waals surface area contributed by atoms with Gasteiger partial charge in [-0.1, -0.05) is 18.2 Å². The van der Waals surface area contributed by atoms with Crippen LogP contribution in [0.2, 0.25) is 0 Å². The second-order valence-corrected chi connectivity index (χ2v) is 3.85. The fourth-order valence-electron chi connectivity index (χ4n) is 1.63. The molecule has 13 heavy (non-hydrogen) atoms. The second-order valence-electron chi connectivity index (χ2n) is 3.85. The van der Waals surface area contributed by atoms with Gasteiger partial charge in [-0.15, -0.1) is 0 Å². The van der Waals surface area contributed by atoms with Crippen LogP contribution < -0.4 is 0 Å². The Morgan fingerprint density at radius 1 is 1.38 bits per heavy atom. The molecule has 2 rings (SSSR count). The minimum Gasteiger partial charge on any atom is -0.373 e. The molecule has 0 saturated carbocycles. The summed E-state index contributed by atoms with van der Waals surface area (Å²) in [7, 11) is 0. The smallest absolute Gasteiger partial charge is 0.0813 e. The Bertz CT molecular complexity index is 300. The molecule has 1 heteroatoms. The van der Waals surface area contributed by atoms with E-state index in [2.05, 4.69) is 32.0 Å². The van der Waals surface area contributed by atoms with Crippen molar-refractivity contribution in [2.24, 2.45) is 0 Å². The van der Waals surface area contributed by atoms with E-state index in [9.17, 15) is 0 Å². The molecule has 1 aliphatic heterocycles. The van der Waals surface area contributed by atoms with Gasteiger partial charge in [0.25, 0.3) is 0 Å². The van der Waals surface area contributed by atoms with Gasteiger partial charge in [0.05, 0.1) is 12.7 Å². The van der Waals surface area contributed by atoms with E-state index in [-0.39, 0.29) is 0 Å². The summed E-state index contributed by atoms with van der Waals surface area (Å²) in [5.41, 5.74) is 4.33. The largest absolute Gasteiger partial charge is 0.373 e. The average molecular weight is 176 g/mol. The molecule has 0 aliphatic carbocycles. The number of epoxide rings is 1. The van der Waals surface area contributed by atoms with Crippen LogP contribution in [0.1, 0.15) is 23.1 Å². The van der Waals surface area contributed by atoms with E-state index in [1.165, 1.54) is 23.1 Å².